The van der Waals surface area contributed by atoms with Gasteiger partial charge in [-0.3, -0.25) is 4.79 Å². The third-order valence-electron chi connectivity index (χ3n) is 7.25. The van der Waals surface area contributed by atoms with E-state index in [1.165, 1.54) is 37.7 Å². The molecule has 140 valence electrons. The van der Waals surface area contributed by atoms with Gasteiger partial charge in [0.05, 0.1) is 10.7 Å². The van der Waals surface area contributed by atoms with E-state index in [0.717, 1.165) is 23.9 Å². The molecule has 0 spiro atoms. The van der Waals surface area contributed by atoms with E-state index in [9.17, 15) is 4.79 Å². The van der Waals surface area contributed by atoms with Gasteiger partial charge in [-0.25, -0.2) is 0 Å². The van der Waals surface area contributed by atoms with Gasteiger partial charge >= 0.3 is 0 Å². The van der Waals surface area contributed by atoms with Crippen LogP contribution in [0.4, 0.5) is 5.69 Å². The van der Waals surface area contributed by atoms with Crippen molar-refractivity contribution in [2.75, 3.05) is 5.32 Å². The van der Waals surface area contributed by atoms with Crippen LogP contribution in [0.15, 0.2) is 54.6 Å². The van der Waals surface area contributed by atoms with E-state index in [0.29, 0.717) is 11.4 Å². The highest BCUT2D eigenvalue weighted by Gasteiger charge is 2.58. The summed E-state index contributed by atoms with van der Waals surface area (Å²) in [6.45, 7) is 0. The van der Waals surface area contributed by atoms with Gasteiger partial charge in [0, 0.05) is 6.42 Å². The van der Waals surface area contributed by atoms with Gasteiger partial charge in [-0.2, -0.15) is 0 Å². The van der Waals surface area contributed by atoms with E-state index < -0.39 is 0 Å². The van der Waals surface area contributed by atoms with Crippen LogP contribution < -0.4 is 5.32 Å². The van der Waals surface area contributed by atoms with Crippen LogP contribution in [0.5, 0.6) is 0 Å². The molecular weight excluding hydrogens is 354 g/mol. The molecule has 0 unspecified atom stereocenters. The van der Waals surface area contributed by atoms with Crippen molar-refractivity contribution in [1.29, 1.82) is 0 Å². The Labute approximate surface area is 166 Å². The molecule has 6 rings (SSSR count). The maximum atomic E-state index is 12.9. The van der Waals surface area contributed by atoms with Crippen LogP contribution in [-0.2, 0) is 10.2 Å². The molecule has 0 heterocycles. The Morgan fingerprint density at radius 1 is 0.963 bits per heavy atom. The largest absolute Gasteiger partial charge is 0.325 e. The first-order valence-corrected chi connectivity index (χ1v) is 10.5. The SMILES string of the molecule is O=C(CC12C[C@@H]3C[C@@H](C1)CC(c1ccccc1)(C3)C2)Nc1ccccc1Cl. The standard InChI is InChI=1S/C24H26ClNO/c25-20-8-4-5-9-21(20)26-22(27)15-23-11-17-10-18(12-23)14-24(13-17,16-23)19-6-2-1-3-7-19/h1-9,17-18H,10-16H2,(H,26,27)/t17-,18-,23?,24?/m0/s1. The first-order valence-electron chi connectivity index (χ1n) is 10.2. The lowest BCUT2D eigenvalue weighted by Gasteiger charge is -2.62. The minimum absolute atomic E-state index is 0.119. The lowest BCUT2D eigenvalue weighted by molar-refractivity contribution is -0.126. The quantitative estimate of drug-likeness (QED) is 0.672. The van der Waals surface area contributed by atoms with E-state index in [4.69, 9.17) is 11.6 Å². The molecule has 3 heteroatoms. The number of hydrogen-bond donors (Lipinski definition) is 1. The predicted molar refractivity (Wildman–Crippen MR) is 110 cm³/mol. The van der Waals surface area contributed by atoms with E-state index in [1.807, 2.05) is 24.3 Å². The highest BCUT2D eigenvalue weighted by Crippen LogP contribution is 2.66. The minimum atomic E-state index is 0.119. The zero-order valence-electron chi connectivity index (χ0n) is 15.6. The molecule has 4 fully saturated rings. The molecule has 2 atom stereocenters. The number of nitrogens with one attached hydrogen (secondary N) is 1. The van der Waals surface area contributed by atoms with Crippen LogP contribution in [0.2, 0.25) is 5.02 Å². The summed E-state index contributed by atoms with van der Waals surface area (Å²) < 4.78 is 0. The number of para-hydroxylation sites is 1. The van der Waals surface area contributed by atoms with Gasteiger partial charge in [-0.05, 0) is 78.9 Å². The first-order chi connectivity index (χ1) is 13.1. The molecular formula is C24H26ClNO. The average Bonchev–Trinajstić information content (AvgIpc) is 2.63. The van der Waals surface area contributed by atoms with Gasteiger partial charge in [0.15, 0.2) is 0 Å². The fourth-order valence-corrected chi connectivity index (χ4v) is 7.07. The molecule has 4 saturated carbocycles. The van der Waals surface area contributed by atoms with Crippen molar-refractivity contribution in [2.45, 2.75) is 50.4 Å². The zero-order chi connectivity index (χ0) is 18.5. The summed E-state index contributed by atoms with van der Waals surface area (Å²) >= 11 is 6.23. The zero-order valence-corrected chi connectivity index (χ0v) is 16.3. The number of rotatable bonds is 4. The van der Waals surface area contributed by atoms with E-state index in [1.54, 1.807) is 0 Å². The number of carbonyl (C=O) groups is 1. The molecule has 4 aliphatic carbocycles. The number of anilines is 1. The van der Waals surface area contributed by atoms with Crippen molar-refractivity contribution in [1.82, 2.24) is 0 Å². The van der Waals surface area contributed by atoms with Crippen molar-refractivity contribution in [3.63, 3.8) is 0 Å². The maximum absolute atomic E-state index is 12.9. The summed E-state index contributed by atoms with van der Waals surface area (Å²) in [5.74, 6) is 1.67. The van der Waals surface area contributed by atoms with E-state index >= 15 is 0 Å². The van der Waals surface area contributed by atoms with Crippen molar-refractivity contribution in [3.8, 4) is 0 Å². The fraction of sp³-hybridized carbons (Fsp3) is 0.458. The maximum Gasteiger partial charge on any atom is 0.224 e. The second kappa shape index (κ2) is 6.38. The summed E-state index contributed by atoms with van der Waals surface area (Å²) in [6.07, 6.45) is 8.19. The van der Waals surface area contributed by atoms with Crippen LogP contribution >= 0.6 is 11.6 Å². The Balaban J connectivity index is 1.39. The number of amides is 1. The molecule has 0 saturated heterocycles. The summed E-state index contributed by atoms with van der Waals surface area (Å²) in [7, 11) is 0. The van der Waals surface area contributed by atoms with Crippen molar-refractivity contribution in [2.24, 2.45) is 17.3 Å². The molecule has 2 aromatic carbocycles. The lowest BCUT2D eigenvalue weighted by atomic mass is 9.42. The topological polar surface area (TPSA) is 29.1 Å². The second-order valence-electron chi connectivity index (χ2n) is 9.31. The van der Waals surface area contributed by atoms with Crippen LogP contribution in [0.3, 0.4) is 0 Å². The van der Waals surface area contributed by atoms with Crippen LogP contribution in [-0.4, -0.2) is 5.91 Å². The number of hydrogen-bond acceptors (Lipinski definition) is 1. The van der Waals surface area contributed by atoms with Gasteiger partial charge in [0.1, 0.15) is 0 Å². The van der Waals surface area contributed by atoms with Gasteiger partial charge < -0.3 is 5.32 Å². The molecule has 1 amide bonds. The van der Waals surface area contributed by atoms with E-state index in [2.05, 4.69) is 35.6 Å². The third kappa shape index (κ3) is 3.08. The molecule has 4 bridgehead atoms. The Hall–Kier alpha value is -1.80. The van der Waals surface area contributed by atoms with Gasteiger partial charge in [0.2, 0.25) is 5.91 Å². The molecule has 0 aromatic heterocycles. The highest BCUT2D eigenvalue weighted by atomic mass is 35.5. The van der Waals surface area contributed by atoms with Gasteiger partial charge in [-0.1, -0.05) is 54.1 Å². The number of benzene rings is 2. The summed E-state index contributed by atoms with van der Waals surface area (Å²) in [4.78, 5) is 12.9. The molecule has 1 N–H and O–H groups in total. The second-order valence-corrected chi connectivity index (χ2v) is 9.72. The smallest absolute Gasteiger partial charge is 0.224 e. The Bertz CT molecular complexity index is 848. The predicted octanol–water partition coefficient (Wildman–Crippen LogP) is 6.21. The number of halogens is 1. The fourth-order valence-electron chi connectivity index (χ4n) is 6.89. The lowest BCUT2D eigenvalue weighted by Crippen LogP contribution is -2.54. The Kier molecular flexibility index (Phi) is 4.09. The monoisotopic (exact) mass is 379 g/mol. The number of carbonyl (C=O) groups excluding carboxylic acids is 1. The molecule has 0 radical (unpaired) electrons. The minimum Gasteiger partial charge on any atom is -0.325 e. The summed E-state index contributed by atoms with van der Waals surface area (Å²) in [5, 5.41) is 3.68. The normalized spacial score (nSPS) is 33.8. The molecule has 2 aromatic rings. The van der Waals surface area contributed by atoms with E-state index in [-0.39, 0.29) is 16.7 Å². The summed E-state index contributed by atoms with van der Waals surface area (Å²) in [6, 6.07) is 18.6. The highest BCUT2D eigenvalue weighted by molar-refractivity contribution is 6.33. The van der Waals surface area contributed by atoms with Gasteiger partial charge in [-0.15, -0.1) is 0 Å². The van der Waals surface area contributed by atoms with Crippen LogP contribution in [0.1, 0.15) is 50.5 Å². The molecule has 2 nitrogen and oxygen atoms in total. The van der Waals surface area contributed by atoms with Crippen molar-refractivity contribution < 1.29 is 4.79 Å². The summed E-state index contributed by atoms with van der Waals surface area (Å²) in [5.41, 5.74) is 2.67. The molecule has 0 aliphatic heterocycles. The van der Waals surface area contributed by atoms with Crippen molar-refractivity contribution in [3.05, 3.63) is 65.2 Å². The Morgan fingerprint density at radius 2 is 1.63 bits per heavy atom. The van der Waals surface area contributed by atoms with Gasteiger partial charge in [0.25, 0.3) is 0 Å². The first kappa shape index (κ1) is 17.3. The Morgan fingerprint density at radius 3 is 2.33 bits per heavy atom. The van der Waals surface area contributed by atoms with Crippen LogP contribution in [0, 0.1) is 17.3 Å². The average molecular weight is 380 g/mol. The van der Waals surface area contributed by atoms with Crippen molar-refractivity contribution >= 4 is 23.2 Å². The third-order valence-corrected chi connectivity index (χ3v) is 7.58. The van der Waals surface area contributed by atoms with Crippen LogP contribution in [0.25, 0.3) is 0 Å². The molecule has 4 aliphatic rings. The molecule has 27 heavy (non-hydrogen) atoms.